The van der Waals surface area contributed by atoms with Crippen molar-refractivity contribution in [3.63, 3.8) is 0 Å². The highest BCUT2D eigenvalue weighted by atomic mass is 16.5. The number of likely N-dealkylation sites (N-methyl/N-ethyl adjacent to an activating group) is 1. The van der Waals surface area contributed by atoms with Gasteiger partial charge in [-0.1, -0.05) is 36.8 Å². The molecule has 1 aromatic rings. The summed E-state index contributed by atoms with van der Waals surface area (Å²) >= 11 is 0. The van der Waals surface area contributed by atoms with Gasteiger partial charge in [-0.25, -0.2) is 0 Å². The molecule has 1 aromatic carbocycles. The van der Waals surface area contributed by atoms with E-state index >= 15 is 0 Å². The van der Waals surface area contributed by atoms with Crippen LogP contribution in [0, 0.1) is 6.92 Å². The maximum absolute atomic E-state index is 10.1. The number of ether oxygens (including phenoxy) is 1. The van der Waals surface area contributed by atoms with Crippen LogP contribution in [0.25, 0.3) is 0 Å². The molecule has 118 valence electrons. The van der Waals surface area contributed by atoms with Crippen LogP contribution in [0.15, 0.2) is 24.3 Å². The van der Waals surface area contributed by atoms with Crippen LogP contribution in [0.4, 0.5) is 0 Å². The quantitative estimate of drug-likeness (QED) is 0.826. The Kier molecular flexibility index (Phi) is 6.64. The molecule has 0 bridgehead atoms. The van der Waals surface area contributed by atoms with E-state index in [4.69, 9.17) is 4.74 Å². The largest absolute Gasteiger partial charge is 0.389 e. The molecule has 1 aliphatic heterocycles. The first-order valence-electron chi connectivity index (χ1n) is 7.93. The molecule has 4 nitrogen and oxygen atoms in total. The van der Waals surface area contributed by atoms with Crippen molar-refractivity contribution in [1.82, 2.24) is 9.80 Å². The third kappa shape index (κ3) is 5.75. The molecule has 1 fully saturated rings. The maximum atomic E-state index is 10.1. The molecule has 1 heterocycles. The van der Waals surface area contributed by atoms with Crippen LogP contribution in [-0.2, 0) is 11.3 Å². The van der Waals surface area contributed by atoms with Crippen LogP contribution >= 0.6 is 0 Å². The van der Waals surface area contributed by atoms with Crippen molar-refractivity contribution in [3.8, 4) is 0 Å². The summed E-state index contributed by atoms with van der Waals surface area (Å²) in [6, 6.07) is 8.32. The molecule has 0 aliphatic carbocycles. The van der Waals surface area contributed by atoms with Gasteiger partial charge in [0.15, 0.2) is 0 Å². The lowest BCUT2D eigenvalue weighted by Gasteiger charge is -2.34. The van der Waals surface area contributed by atoms with Crippen molar-refractivity contribution in [2.75, 3.05) is 45.9 Å². The first-order chi connectivity index (χ1) is 10.2. The highest BCUT2D eigenvalue weighted by Crippen LogP contribution is 2.06. The van der Waals surface area contributed by atoms with Gasteiger partial charge in [0.1, 0.15) is 0 Å². The zero-order valence-corrected chi connectivity index (χ0v) is 13.3. The molecule has 0 unspecified atom stereocenters. The second kappa shape index (κ2) is 8.49. The molecule has 21 heavy (non-hydrogen) atoms. The van der Waals surface area contributed by atoms with E-state index in [0.29, 0.717) is 19.8 Å². The Labute approximate surface area is 128 Å². The first-order valence-corrected chi connectivity index (χ1v) is 7.93. The van der Waals surface area contributed by atoms with Crippen LogP contribution in [0.2, 0.25) is 0 Å². The molecular weight excluding hydrogens is 264 g/mol. The third-order valence-corrected chi connectivity index (χ3v) is 4.08. The fourth-order valence-electron chi connectivity index (χ4n) is 2.64. The van der Waals surface area contributed by atoms with Gasteiger partial charge in [-0.2, -0.15) is 0 Å². The van der Waals surface area contributed by atoms with Gasteiger partial charge in [0.25, 0.3) is 0 Å². The molecule has 1 atom stereocenters. The standard InChI is InChI=1S/C17H28N2O2/c1-3-18-8-10-19(11-9-18)12-17(20)14-21-13-16-6-4-15(2)5-7-16/h4-7,17,20H,3,8-14H2,1-2H3/t17-/m1/s1. The van der Waals surface area contributed by atoms with Crippen molar-refractivity contribution >= 4 is 0 Å². The number of hydrogen-bond donors (Lipinski definition) is 1. The SMILES string of the molecule is CCN1CCN(C[C@@H](O)COCc2ccc(C)cc2)CC1. The van der Waals surface area contributed by atoms with Gasteiger partial charge in [-0.15, -0.1) is 0 Å². The van der Waals surface area contributed by atoms with Crippen LogP contribution in [-0.4, -0.2) is 66.9 Å². The van der Waals surface area contributed by atoms with E-state index in [-0.39, 0.29) is 0 Å². The highest BCUT2D eigenvalue weighted by Gasteiger charge is 2.18. The Morgan fingerprint density at radius 1 is 1.10 bits per heavy atom. The summed E-state index contributed by atoms with van der Waals surface area (Å²) in [4.78, 5) is 4.77. The summed E-state index contributed by atoms with van der Waals surface area (Å²) < 4.78 is 5.62. The predicted molar refractivity (Wildman–Crippen MR) is 85.4 cm³/mol. The van der Waals surface area contributed by atoms with Crippen LogP contribution in [0.3, 0.4) is 0 Å². The van der Waals surface area contributed by atoms with Gasteiger partial charge in [0.05, 0.1) is 19.3 Å². The van der Waals surface area contributed by atoms with E-state index in [2.05, 4.69) is 47.9 Å². The molecule has 1 N–H and O–H groups in total. The number of hydrogen-bond acceptors (Lipinski definition) is 4. The Morgan fingerprint density at radius 3 is 2.33 bits per heavy atom. The van der Waals surface area contributed by atoms with Gasteiger partial charge >= 0.3 is 0 Å². The van der Waals surface area contributed by atoms with Crippen LogP contribution < -0.4 is 0 Å². The molecule has 0 spiro atoms. The highest BCUT2D eigenvalue weighted by molar-refractivity contribution is 5.20. The van der Waals surface area contributed by atoms with Crippen molar-refractivity contribution in [1.29, 1.82) is 0 Å². The summed E-state index contributed by atoms with van der Waals surface area (Å²) in [5, 5.41) is 10.1. The van der Waals surface area contributed by atoms with E-state index in [9.17, 15) is 5.11 Å². The van der Waals surface area contributed by atoms with E-state index in [1.165, 1.54) is 5.56 Å². The zero-order chi connectivity index (χ0) is 15.1. The number of piperazine rings is 1. The minimum absolute atomic E-state index is 0.399. The molecule has 4 heteroatoms. The number of aryl methyl sites for hydroxylation is 1. The number of aliphatic hydroxyl groups excluding tert-OH is 1. The Balaban J connectivity index is 1.61. The molecule has 2 rings (SSSR count). The molecule has 0 amide bonds. The molecular formula is C17H28N2O2. The number of β-amino-alcohol motifs (C(OH)–C–C–N with tert-alkyl or cyclic N) is 1. The average Bonchev–Trinajstić information content (AvgIpc) is 2.50. The summed E-state index contributed by atoms with van der Waals surface area (Å²) in [5.41, 5.74) is 2.41. The fourth-order valence-corrected chi connectivity index (χ4v) is 2.64. The molecule has 1 saturated heterocycles. The molecule has 0 radical (unpaired) electrons. The number of nitrogens with zero attached hydrogens (tertiary/aromatic N) is 2. The zero-order valence-electron chi connectivity index (χ0n) is 13.3. The van der Waals surface area contributed by atoms with Gasteiger partial charge in [-0.05, 0) is 19.0 Å². The minimum atomic E-state index is -0.399. The Morgan fingerprint density at radius 2 is 1.71 bits per heavy atom. The van der Waals surface area contributed by atoms with E-state index in [0.717, 1.165) is 38.3 Å². The molecule has 1 aliphatic rings. The number of rotatable bonds is 7. The lowest BCUT2D eigenvalue weighted by molar-refractivity contribution is 0.00177. The summed E-state index contributed by atoms with van der Waals surface area (Å²) in [6.07, 6.45) is -0.399. The third-order valence-electron chi connectivity index (χ3n) is 4.08. The fraction of sp³-hybridized carbons (Fsp3) is 0.647. The van der Waals surface area contributed by atoms with E-state index < -0.39 is 6.10 Å². The van der Waals surface area contributed by atoms with Crippen LogP contribution in [0.1, 0.15) is 18.1 Å². The second-order valence-electron chi connectivity index (χ2n) is 5.89. The Hall–Kier alpha value is -0.940. The summed E-state index contributed by atoms with van der Waals surface area (Å²) in [6.45, 7) is 11.4. The van der Waals surface area contributed by atoms with E-state index in [1.54, 1.807) is 0 Å². The first kappa shape index (κ1) is 16.4. The van der Waals surface area contributed by atoms with Crippen molar-refractivity contribution in [2.45, 2.75) is 26.6 Å². The number of aliphatic hydroxyl groups is 1. The van der Waals surface area contributed by atoms with Crippen molar-refractivity contribution in [3.05, 3.63) is 35.4 Å². The summed E-state index contributed by atoms with van der Waals surface area (Å²) in [5.74, 6) is 0. The lowest BCUT2D eigenvalue weighted by atomic mass is 10.2. The maximum Gasteiger partial charge on any atom is 0.0900 e. The average molecular weight is 292 g/mol. The molecule has 0 aromatic heterocycles. The normalized spacial score (nSPS) is 18.8. The van der Waals surface area contributed by atoms with Crippen LogP contribution in [0.5, 0.6) is 0 Å². The monoisotopic (exact) mass is 292 g/mol. The lowest BCUT2D eigenvalue weighted by Crippen LogP contribution is -2.48. The van der Waals surface area contributed by atoms with E-state index in [1.807, 2.05) is 0 Å². The van der Waals surface area contributed by atoms with Gasteiger partial charge in [0, 0.05) is 32.7 Å². The van der Waals surface area contributed by atoms with Crippen molar-refractivity contribution in [2.24, 2.45) is 0 Å². The minimum Gasteiger partial charge on any atom is -0.389 e. The second-order valence-corrected chi connectivity index (χ2v) is 5.89. The number of benzene rings is 1. The van der Waals surface area contributed by atoms with Gasteiger partial charge in [-0.3, -0.25) is 4.90 Å². The van der Waals surface area contributed by atoms with Gasteiger partial charge < -0.3 is 14.7 Å². The Bertz CT molecular complexity index is 400. The topological polar surface area (TPSA) is 35.9 Å². The van der Waals surface area contributed by atoms with Gasteiger partial charge in [0.2, 0.25) is 0 Å². The molecule has 0 saturated carbocycles. The van der Waals surface area contributed by atoms with Crippen molar-refractivity contribution < 1.29 is 9.84 Å². The predicted octanol–water partition coefficient (Wildman–Crippen LogP) is 1.51. The smallest absolute Gasteiger partial charge is 0.0900 e. The summed E-state index contributed by atoms with van der Waals surface area (Å²) in [7, 11) is 0.